The molecule has 1 aromatic heterocycles. The van der Waals surface area contributed by atoms with E-state index in [1.165, 1.54) is 6.33 Å². The van der Waals surface area contributed by atoms with E-state index in [1.807, 2.05) is 36.1 Å². The quantitative estimate of drug-likeness (QED) is 0.657. The molecule has 1 N–H and O–H groups in total. The largest absolute Gasteiger partial charge is 0.490 e. The van der Waals surface area contributed by atoms with Crippen LogP contribution >= 0.6 is 0 Å². The third-order valence-corrected chi connectivity index (χ3v) is 4.69. The second-order valence-corrected chi connectivity index (χ2v) is 6.63. The summed E-state index contributed by atoms with van der Waals surface area (Å²) < 4.78 is 11.4. The molecule has 1 aliphatic heterocycles. The number of aliphatic carboxylic acids is 1. The summed E-state index contributed by atoms with van der Waals surface area (Å²) in [5, 5.41) is 9.11. The summed E-state index contributed by atoms with van der Waals surface area (Å²) in [5.41, 5.74) is 0. The number of carbonyl (C=O) groups is 1. The van der Waals surface area contributed by atoms with Crippen molar-refractivity contribution >= 4 is 11.9 Å². The summed E-state index contributed by atoms with van der Waals surface area (Å²) in [4.78, 5) is 26.1. The molecule has 0 saturated carbocycles. The van der Waals surface area contributed by atoms with Crippen molar-refractivity contribution < 1.29 is 19.4 Å². The molecular weight excluding hydrogens is 360 g/mol. The topological polar surface area (TPSA) is 97.7 Å². The number of nitrogens with zero attached hydrogens (tertiary/aromatic N) is 4. The minimum absolute atomic E-state index is 0.269. The second-order valence-electron chi connectivity index (χ2n) is 6.63. The van der Waals surface area contributed by atoms with Crippen LogP contribution in [0.4, 0.5) is 5.95 Å². The van der Waals surface area contributed by atoms with Crippen LogP contribution in [0.3, 0.4) is 0 Å². The normalized spacial score (nSPS) is 14.7. The molecule has 1 aromatic carbocycles. The van der Waals surface area contributed by atoms with Crippen molar-refractivity contribution in [3.63, 3.8) is 0 Å². The highest BCUT2D eigenvalue weighted by Gasteiger charge is 2.25. The van der Waals surface area contributed by atoms with Crippen molar-refractivity contribution in [2.45, 2.75) is 32.6 Å². The Morgan fingerprint density at radius 3 is 2.57 bits per heavy atom. The van der Waals surface area contributed by atoms with Gasteiger partial charge < -0.3 is 19.5 Å². The highest BCUT2D eigenvalue weighted by Crippen LogP contribution is 2.26. The zero-order chi connectivity index (χ0) is 19.8. The maximum absolute atomic E-state index is 11.1. The van der Waals surface area contributed by atoms with Gasteiger partial charge in [-0.1, -0.05) is 12.1 Å². The lowest BCUT2D eigenvalue weighted by Gasteiger charge is -2.30. The predicted octanol–water partition coefficient (Wildman–Crippen LogP) is 2.58. The number of rotatable bonds is 9. The predicted molar refractivity (Wildman–Crippen MR) is 104 cm³/mol. The lowest BCUT2D eigenvalue weighted by molar-refractivity contribution is -0.142. The lowest BCUT2D eigenvalue weighted by Crippen LogP contribution is -2.37. The zero-order valence-electron chi connectivity index (χ0n) is 16.1. The average molecular weight is 386 g/mol. The standard InChI is InChI=1S/C20H26N4O4/c1-2-27-16-6-3-4-7-17(16)28-13-5-8-18-21-14-22-20(23-18)24-11-9-15(10-12-24)19(25)26/h3-4,6-7,14-15H,2,5,8-13H2,1H3,(H,25,26). The highest BCUT2D eigenvalue weighted by atomic mass is 16.5. The van der Waals surface area contributed by atoms with Gasteiger partial charge in [-0.15, -0.1) is 0 Å². The Labute approximate surface area is 164 Å². The number of piperidine rings is 1. The number of carboxylic acids is 1. The minimum atomic E-state index is -0.720. The van der Waals surface area contributed by atoms with Crippen LogP contribution in [-0.2, 0) is 11.2 Å². The monoisotopic (exact) mass is 386 g/mol. The maximum Gasteiger partial charge on any atom is 0.306 e. The minimum Gasteiger partial charge on any atom is -0.490 e. The Balaban J connectivity index is 1.48. The first-order valence-corrected chi connectivity index (χ1v) is 9.67. The molecule has 0 spiro atoms. The third kappa shape index (κ3) is 5.31. The van der Waals surface area contributed by atoms with Gasteiger partial charge in [-0.25, -0.2) is 9.97 Å². The van der Waals surface area contributed by atoms with Gasteiger partial charge in [0.15, 0.2) is 11.5 Å². The number of ether oxygens (including phenoxy) is 2. The van der Waals surface area contributed by atoms with Crippen molar-refractivity contribution in [2.24, 2.45) is 5.92 Å². The number of anilines is 1. The number of hydrogen-bond donors (Lipinski definition) is 1. The van der Waals surface area contributed by atoms with Gasteiger partial charge in [-0.3, -0.25) is 4.79 Å². The highest BCUT2D eigenvalue weighted by molar-refractivity contribution is 5.70. The van der Waals surface area contributed by atoms with E-state index in [0.717, 1.165) is 17.9 Å². The number of aromatic nitrogens is 3. The molecule has 2 aromatic rings. The van der Waals surface area contributed by atoms with Gasteiger partial charge in [0.25, 0.3) is 0 Å². The van der Waals surface area contributed by atoms with Gasteiger partial charge in [-0.2, -0.15) is 4.98 Å². The van der Waals surface area contributed by atoms with Crippen LogP contribution in [0.5, 0.6) is 11.5 Å². The number of hydrogen-bond acceptors (Lipinski definition) is 7. The molecule has 150 valence electrons. The van der Waals surface area contributed by atoms with Crippen molar-refractivity contribution in [3.8, 4) is 11.5 Å². The third-order valence-electron chi connectivity index (χ3n) is 4.69. The van der Waals surface area contributed by atoms with Crippen LogP contribution in [0, 0.1) is 5.92 Å². The molecule has 8 heteroatoms. The summed E-state index contributed by atoms with van der Waals surface area (Å²) in [5.74, 6) is 1.83. The van der Waals surface area contributed by atoms with E-state index in [2.05, 4.69) is 15.0 Å². The molecule has 0 radical (unpaired) electrons. The Hall–Kier alpha value is -2.90. The van der Waals surface area contributed by atoms with E-state index in [9.17, 15) is 4.79 Å². The fourth-order valence-electron chi connectivity index (χ4n) is 3.18. The fourth-order valence-corrected chi connectivity index (χ4v) is 3.18. The van der Waals surface area contributed by atoms with Crippen LogP contribution in [0.25, 0.3) is 0 Å². The Morgan fingerprint density at radius 2 is 1.89 bits per heavy atom. The number of benzene rings is 1. The maximum atomic E-state index is 11.1. The summed E-state index contributed by atoms with van der Waals surface area (Å²) in [6, 6.07) is 7.63. The lowest BCUT2D eigenvalue weighted by atomic mass is 9.97. The molecule has 8 nitrogen and oxygen atoms in total. The van der Waals surface area contributed by atoms with Crippen molar-refractivity contribution in [3.05, 3.63) is 36.4 Å². The van der Waals surface area contributed by atoms with Crippen LogP contribution in [0.1, 0.15) is 32.0 Å². The van der Waals surface area contributed by atoms with Crippen molar-refractivity contribution in [2.75, 3.05) is 31.2 Å². The molecule has 0 bridgehead atoms. The smallest absolute Gasteiger partial charge is 0.306 e. The van der Waals surface area contributed by atoms with Crippen LogP contribution in [-0.4, -0.2) is 52.3 Å². The Kier molecular flexibility index (Phi) is 7.00. The molecule has 0 atom stereocenters. The first-order valence-electron chi connectivity index (χ1n) is 9.67. The van der Waals surface area contributed by atoms with Gasteiger partial charge in [0.1, 0.15) is 12.2 Å². The second kappa shape index (κ2) is 9.87. The molecule has 1 aliphatic rings. The zero-order valence-corrected chi connectivity index (χ0v) is 16.1. The van der Waals surface area contributed by atoms with Gasteiger partial charge in [0.05, 0.1) is 19.1 Å². The van der Waals surface area contributed by atoms with E-state index in [1.54, 1.807) is 0 Å². The molecule has 0 unspecified atom stereocenters. The van der Waals surface area contributed by atoms with Gasteiger partial charge >= 0.3 is 5.97 Å². The van der Waals surface area contributed by atoms with Crippen LogP contribution in [0.2, 0.25) is 0 Å². The SMILES string of the molecule is CCOc1ccccc1OCCCc1ncnc(N2CCC(C(=O)O)CC2)n1. The van der Waals surface area contributed by atoms with Gasteiger partial charge in [0, 0.05) is 19.5 Å². The summed E-state index contributed by atoms with van der Waals surface area (Å²) in [6.45, 7) is 4.38. The summed E-state index contributed by atoms with van der Waals surface area (Å²) in [6.07, 6.45) is 4.20. The molecule has 2 heterocycles. The molecule has 1 fully saturated rings. The van der Waals surface area contributed by atoms with Gasteiger partial charge in [0.2, 0.25) is 5.95 Å². The van der Waals surface area contributed by atoms with E-state index in [-0.39, 0.29) is 5.92 Å². The number of carboxylic acid groups (broad SMARTS) is 1. The summed E-state index contributed by atoms with van der Waals surface area (Å²) >= 11 is 0. The van der Waals surface area contributed by atoms with Crippen molar-refractivity contribution in [1.82, 2.24) is 15.0 Å². The molecule has 0 amide bonds. The Bertz CT molecular complexity index is 778. The molecule has 0 aliphatic carbocycles. The number of aryl methyl sites for hydroxylation is 1. The average Bonchev–Trinajstić information content (AvgIpc) is 2.73. The van der Waals surface area contributed by atoms with E-state index in [0.29, 0.717) is 57.3 Å². The molecule has 28 heavy (non-hydrogen) atoms. The number of para-hydroxylation sites is 2. The molecule has 3 rings (SSSR count). The van der Waals surface area contributed by atoms with Gasteiger partial charge in [-0.05, 0) is 38.3 Å². The van der Waals surface area contributed by atoms with E-state index in [4.69, 9.17) is 14.6 Å². The first-order chi connectivity index (χ1) is 13.7. The van der Waals surface area contributed by atoms with E-state index >= 15 is 0 Å². The van der Waals surface area contributed by atoms with Crippen LogP contribution < -0.4 is 14.4 Å². The Morgan fingerprint density at radius 1 is 1.18 bits per heavy atom. The van der Waals surface area contributed by atoms with E-state index < -0.39 is 5.97 Å². The first kappa shape index (κ1) is 19.9. The fraction of sp³-hybridized carbons (Fsp3) is 0.500. The molecular formula is C20H26N4O4. The van der Waals surface area contributed by atoms with Crippen LogP contribution in [0.15, 0.2) is 30.6 Å². The summed E-state index contributed by atoms with van der Waals surface area (Å²) in [7, 11) is 0. The van der Waals surface area contributed by atoms with Crippen molar-refractivity contribution in [1.29, 1.82) is 0 Å². The molecule has 1 saturated heterocycles.